The van der Waals surface area contributed by atoms with Gasteiger partial charge < -0.3 is 15.6 Å². The highest BCUT2D eigenvalue weighted by Crippen LogP contribution is 2.31. The van der Waals surface area contributed by atoms with Gasteiger partial charge in [-0.15, -0.1) is 12.4 Å². The maximum absolute atomic E-state index is 13.2. The van der Waals surface area contributed by atoms with E-state index in [4.69, 9.17) is 5.73 Å². The average molecular weight is 414 g/mol. The number of carbonyl (C=O) groups excluding carboxylic acids is 1. The first-order valence-electron chi connectivity index (χ1n) is 9.60. The summed E-state index contributed by atoms with van der Waals surface area (Å²) in [6, 6.07) is 15.8. The van der Waals surface area contributed by atoms with Crippen LogP contribution in [0.2, 0.25) is 0 Å². The summed E-state index contributed by atoms with van der Waals surface area (Å²) in [5, 5.41) is 4.36. The Balaban J connectivity index is 0.00000300. The van der Waals surface area contributed by atoms with E-state index in [1.54, 1.807) is 0 Å². The molecule has 0 radical (unpaired) electrons. The van der Waals surface area contributed by atoms with E-state index in [1.807, 2.05) is 53.1 Å². The Labute approximate surface area is 177 Å². The summed E-state index contributed by atoms with van der Waals surface area (Å²) in [5.41, 5.74) is 9.93. The zero-order chi connectivity index (χ0) is 20.3. The minimum atomic E-state index is -0.0848. The van der Waals surface area contributed by atoms with Crippen LogP contribution in [-0.4, -0.2) is 10.5 Å². The van der Waals surface area contributed by atoms with Crippen LogP contribution >= 0.6 is 12.4 Å². The second-order valence-corrected chi connectivity index (χ2v) is 7.49. The van der Waals surface area contributed by atoms with Crippen LogP contribution in [0.25, 0.3) is 21.9 Å². The average Bonchev–Trinajstić information content (AvgIpc) is 2.68. The smallest absolute Gasteiger partial charge is 0.258 e. The Morgan fingerprint density at radius 1 is 1.10 bits per heavy atom. The summed E-state index contributed by atoms with van der Waals surface area (Å²) in [6.45, 7) is 7.00. The molecule has 0 spiro atoms. The number of hydrogen-bond donors (Lipinski definition) is 2. The molecule has 0 saturated carbocycles. The number of pyridine rings is 1. The number of fused-ring (bicyclic) bond motifs is 1. The minimum Gasteiger partial charge on any atom is -0.352 e. The zero-order valence-corrected chi connectivity index (χ0v) is 17.9. The van der Waals surface area contributed by atoms with E-state index in [0.29, 0.717) is 24.4 Å². The molecule has 3 N–H and O–H groups in total. The molecule has 0 aliphatic heterocycles. The van der Waals surface area contributed by atoms with Crippen molar-refractivity contribution in [2.24, 2.45) is 11.7 Å². The highest BCUT2D eigenvalue weighted by atomic mass is 35.5. The van der Waals surface area contributed by atoms with Crippen molar-refractivity contribution in [3.63, 3.8) is 0 Å². The third-order valence-electron chi connectivity index (χ3n) is 4.79. The van der Waals surface area contributed by atoms with Gasteiger partial charge >= 0.3 is 0 Å². The molecule has 5 nitrogen and oxygen atoms in total. The van der Waals surface area contributed by atoms with Gasteiger partial charge in [0.25, 0.3) is 5.56 Å². The quantitative estimate of drug-likeness (QED) is 0.644. The lowest BCUT2D eigenvalue weighted by Gasteiger charge is -2.21. The maximum Gasteiger partial charge on any atom is 0.258 e. The predicted molar refractivity (Wildman–Crippen MR) is 121 cm³/mol. The molecule has 0 bridgehead atoms. The van der Waals surface area contributed by atoms with Crippen molar-refractivity contribution >= 4 is 29.1 Å². The van der Waals surface area contributed by atoms with Crippen LogP contribution in [0, 0.1) is 5.92 Å². The molecule has 6 heteroatoms. The number of nitrogens with zero attached hydrogens (tertiary/aromatic N) is 1. The third kappa shape index (κ3) is 4.86. The Kier molecular flexibility index (Phi) is 7.59. The topological polar surface area (TPSA) is 77.1 Å². The lowest BCUT2D eigenvalue weighted by molar-refractivity contribution is -0.119. The molecule has 2 aromatic carbocycles. The van der Waals surface area contributed by atoms with Crippen LogP contribution in [0.3, 0.4) is 0 Å². The highest BCUT2D eigenvalue weighted by molar-refractivity contribution is 5.97. The Morgan fingerprint density at radius 3 is 2.38 bits per heavy atom. The van der Waals surface area contributed by atoms with Crippen LogP contribution in [0.15, 0.2) is 53.3 Å². The van der Waals surface area contributed by atoms with Gasteiger partial charge in [0, 0.05) is 43.2 Å². The van der Waals surface area contributed by atoms with Gasteiger partial charge in [-0.1, -0.05) is 50.2 Å². The molecule has 3 rings (SSSR count). The predicted octanol–water partition coefficient (Wildman–Crippen LogP) is 3.84. The van der Waals surface area contributed by atoms with Gasteiger partial charge in [-0.05, 0) is 34.6 Å². The van der Waals surface area contributed by atoms with Gasteiger partial charge in [-0.3, -0.25) is 9.59 Å². The SMILES string of the molecule is CC(=O)NCc1ccc2c(=O)n(CC(C)C)c(CN)c(-c3ccccc3)c2c1.Cl. The molecule has 0 saturated heterocycles. The summed E-state index contributed by atoms with van der Waals surface area (Å²) in [5.74, 6) is 0.237. The number of aromatic nitrogens is 1. The van der Waals surface area contributed by atoms with Gasteiger partial charge in [0.2, 0.25) is 5.91 Å². The summed E-state index contributed by atoms with van der Waals surface area (Å²) in [6.07, 6.45) is 0. The molecular formula is C23H28ClN3O2. The van der Waals surface area contributed by atoms with E-state index in [9.17, 15) is 9.59 Å². The molecule has 0 atom stereocenters. The van der Waals surface area contributed by atoms with Crippen molar-refractivity contribution in [1.29, 1.82) is 0 Å². The second-order valence-electron chi connectivity index (χ2n) is 7.49. The number of benzene rings is 2. The molecule has 154 valence electrons. The van der Waals surface area contributed by atoms with Gasteiger partial charge in [-0.25, -0.2) is 0 Å². The van der Waals surface area contributed by atoms with Gasteiger partial charge in [0.05, 0.1) is 0 Å². The number of amides is 1. The normalized spacial score (nSPS) is 10.8. The first-order chi connectivity index (χ1) is 13.4. The van der Waals surface area contributed by atoms with Gasteiger partial charge in [-0.2, -0.15) is 0 Å². The lowest BCUT2D eigenvalue weighted by atomic mass is 9.95. The molecule has 1 heterocycles. The van der Waals surface area contributed by atoms with Crippen molar-refractivity contribution in [2.75, 3.05) is 0 Å². The molecule has 3 aromatic rings. The number of carbonyl (C=O) groups is 1. The molecule has 29 heavy (non-hydrogen) atoms. The number of hydrogen-bond acceptors (Lipinski definition) is 3. The van der Waals surface area contributed by atoms with E-state index in [-0.39, 0.29) is 30.4 Å². The van der Waals surface area contributed by atoms with E-state index in [1.165, 1.54) is 6.92 Å². The fourth-order valence-electron chi connectivity index (χ4n) is 3.58. The van der Waals surface area contributed by atoms with Crippen molar-refractivity contribution < 1.29 is 4.79 Å². The highest BCUT2D eigenvalue weighted by Gasteiger charge is 2.18. The monoisotopic (exact) mass is 413 g/mol. The molecule has 0 fully saturated rings. The summed E-state index contributed by atoms with van der Waals surface area (Å²) >= 11 is 0. The fraction of sp³-hybridized carbons (Fsp3) is 0.304. The van der Waals surface area contributed by atoms with Crippen LogP contribution in [0.1, 0.15) is 32.0 Å². The fourth-order valence-corrected chi connectivity index (χ4v) is 3.58. The first kappa shape index (κ1) is 22.7. The Bertz CT molecular complexity index is 1060. The third-order valence-corrected chi connectivity index (χ3v) is 4.79. The van der Waals surface area contributed by atoms with Gasteiger partial charge in [0.1, 0.15) is 0 Å². The summed E-state index contributed by atoms with van der Waals surface area (Å²) < 4.78 is 1.82. The zero-order valence-electron chi connectivity index (χ0n) is 17.1. The van der Waals surface area contributed by atoms with Crippen LogP contribution in [0.5, 0.6) is 0 Å². The summed E-state index contributed by atoms with van der Waals surface area (Å²) in [4.78, 5) is 24.5. The Hall–Kier alpha value is -2.63. The summed E-state index contributed by atoms with van der Waals surface area (Å²) in [7, 11) is 0. The van der Waals surface area contributed by atoms with Crippen LogP contribution < -0.4 is 16.6 Å². The van der Waals surface area contributed by atoms with Crippen molar-refractivity contribution in [1.82, 2.24) is 9.88 Å². The molecule has 1 aromatic heterocycles. The van der Waals surface area contributed by atoms with E-state index in [2.05, 4.69) is 19.2 Å². The Morgan fingerprint density at radius 2 is 1.79 bits per heavy atom. The first-order valence-corrected chi connectivity index (χ1v) is 9.60. The number of nitrogens with one attached hydrogen (secondary N) is 1. The molecule has 0 aliphatic rings. The van der Waals surface area contributed by atoms with Crippen molar-refractivity contribution in [3.05, 3.63) is 70.1 Å². The minimum absolute atomic E-state index is 0. The van der Waals surface area contributed by atoms with Crippen molar-refractivity contribution in [2.45, 2.75) is 40.4 Å². The van der Waals surface area contributed by atoms with E-state index < -0.39 is 0 Å². The number of nitrogens with two attached hydrogens (primary N) is 1. The standard InChI is InChI=1S/C23H27N3O2.ClH/c1-15(2)14-26-21(12-24)22(18-7-5-4-6-8-18)20-11-17(13-25-16(3)27)9-10-19(20)23(26)28;/h4-11,15H,12-14,24H2,1-3H3,(H,25,27);1H. The second kappa shape index (κ2) is 9.72. The van der Waals surface area contributed by atoms with Crippen LogP contribution in [-0.2, 0) is 24.4 Å². The lowest BCUT2D eigenvalue weighted by Crippen LogP contribution is -2.28. The molecular weight excluding hydrogens is 386 g/mol. The molecule has 1 amide bonds. The van der Waals surface area contributed by atoms with E-state index >= 15 is 0 Å². The van der Waals surface area contributed by atoms with Crippen molar-refractivity contribution in [3.8, 4) is 11.1 Å². The molecule has 0 aliphatic carbocycles. The maximum atomic E-state index is 13.2. The number of rotatable bonds is 6. The van der Waals surface area contributed by atoms with Crippen LogP contribution in [0.4, 0.5) is 0 Å². The largest absolute Gasteiger partial charge is 0.352 e. The van der Waals surface area contributed by atoms with E-state index in [0.717, 1.165) is 27.8 Å². The molecule has 0 unspecified atom stereocenters. The number of halogens is 1. The van der Waals surface area contributed by atoms with Gasteiger partial charge in [0.15, 0.2) is 0 Å².